The van der Waals surface area contributed by atoms with Gasteiger partial charge in [0.05, 0.1) is 11.9 Å². The molecule has 0 aromatic carbocycles. The van der Waals surface area contributed by atoms with E-state index in [1.54, 1.807) is 6.20 Å². The Balaban J connectivity index is 2.00. The SMILES string of the molecule is CN(C)c1ccc(NC(=O)C2CC2)cn1. The molecule has 0 bridgehead atoms. The summed E-state index contributed by atoms with van der Waals surface area (Å²) in [6.45, 7) is 0. The van der Waals surface area contributed by atoms with Crippen LogP contribution < -0.4 is 10.2 Å². The summed E-state index contributed by atoms with van der Waals surface area (Å²) >= 11 is 0. The number of aromatic nitrogens is 1. The van der Waals surface area contributed by atoms with Crippen molar-refractivity contribution in [2.45, 2.75) is 12.8 Å². The molecule has 0 unspecified atom stereocenters. The summed E-state index contributed by atoms with van der Waals surface area (Å²) in [6.07, 6.45) is 3.74. The number of carbonyl (C=O) groups excluding carboxylic acids is 1. The predicted molar refractivity (Wildman–Crippen MR) is 59.9 cm³/mol. The molecule has 1 aliphatic rings. The smallest absolute Gasteiger partial charge is 0.227 e. The van der Waals surface area contributed by atoms with Crippen molar-refractivity contribution < 1.29 is 4.79 Å². The second-order valence-corrected chi connectivity index (χ2v) is 4.06. The van der Waals surface area contributed by atoms with E-state index in [4.69, 9.17) is 0 Å². The maximum absolute atomic E-state index is 11.4. The highest BCUT2D eigenvalue weighted by Crippen LogP contribution is 2.30. The van der Waals surface area contributed by atoms with Gasteiger partial charge in [0.25, 0.3) is 0 Å². The molecule has 0 aliphatic heterocycles. The summed E-state index contributed by atoms with van der Waals surface area (Å²) in [5.41, 5.74) is 0.775. The van der Waals surface area contributed by atoms with Crippen LogP contribution in [0.25, 0.3) is 0 Å². The number of amides is 1. The molecule has 0 spiro atoms. The number of carbonyl (C=O) groups is 1. The lowest BCUT2D eigenvalue weighted by molar-refractivity contribution is -0.117. The van der Waals surface area contributed by atoms with Gasteiger partial charge in [0.2, 0.25) is 5.91 Å². The number of hydrogen-bond acceptors (Lipinski definition) is 3. The molecular weight excluding hydrogens is 190 g/mol. The molecule has 1 aliphatic carbocycles. The van der Waals surface area contributed by atoms with E-state index < -0.39 is 0 Å². The lowest BCUT2D eigenvalue weighted by Crippen LogP contribution is -2.14. The minimum atomic E-state index is 0.120. The molecular formula is C11H15N3O. The summed E-state index contributed by atoms with van der Waals surface area (Å²) in [4.78, 5) is 17.6. The van der Waals surface area contributed by atoms with E-state index >= 15 is 0 Å². The Kier molecular flexibility index (Phi) is 2.58. The normalized spacial score (nSPS) is 14.8. The second kappa shape index (κ2) is 3.88. The third-order valence-electron chi connectivity index (χ3n) is 2.42. The van der Waals surface area contributed by atoms with Gasteiger partial charge < -0.3 is 10.2 Å². The molecule has 2 rings (SSSR count). The molecule has 0 saturated heterocycles. The third-order valence-corrected chi connectivity index (χ3v) is 2.42. The van der Waals surface area contributed by atoms with E-state index in [-0.39, 0.29) is 11.8 Å². The van der Waals surface area contributed by atoms with Crippen LogP contribution in [0.2, 0.25) is 0 Å². The molecule has 1 aromatic rings. The van der Waals surface area contributed by atoms with E-state index in [9.17, 15) is 4.79 Å². The minimum Gasteiger partial charge on any atom is -0.363 e. The first-order valence-electron chi connectivity index (χ1n) is 5.11. The van der Waals surface area contributed by atoms with Gasteiger partial charge >= 0.3 is 0 Å². The monoisotopic (exact) mass is 205 g/mol. The van der Waals surface area contributed by atoms with E-state index in [2.05, 4.69) is 10.3 Å². The number of nitrogens with one attached hydrogen (secondary N) is 1. The van der Waals surface area contributed by atoms with Crippen molar-refractivity contribution in [1.29, 1.82) is 0 Å². The van der Waals surface area contributed by atoms with Gasteiger partial charge in [0, 0.05) is 20.0 Å². The summed E-state index contributed by atoms with van der Waals surface area (Å²) in [5.74, 6) is 1.24. The molecule has 1 saturated carbocycles. The van der Waals surface area contributed by atoms with E-state index in [0.717, 1.165) is 24.3 Å². The predicted octanol–water partition coefficient (Wildman–Crippen LogP) is 1.50. The molecule has 1 heterocycles. The largest absolute Gasteiger partial charge is 0.363 e. The molecule has 4 nitrogen and oxygen atoms in total. The highest BCUT2D eigenvalue weighted by molar-refractivity contribution is 5.93. The molecule has 0 atom stereocenters. The van der Waals surface area contributed by atoms with Crippen LogP contribution in [0.5, 0.6) is 0 Å². The molecule has 1 N–H and O–H groups in total. The molecule has 1 amide bonds. The summed E-state index contributed by atoms with van der Waals surface area (Å²) < 4.78 is 0. The molecule has 0 radical (unpaired) electrons. The molecule has 4 heteroatoms. The van der Waals surface area contributed by atoms with Crippen molar-refractivity contribution in [3.05, 3.63) is 18.3 Å². The van der Waals surface area contributed by atoms with Crippen LogP contribution in [0, 0.1) is 5.92 Å². The zero-order chi connectivity index (χ0) is 10.8. The Morgan fingerprint density at radius 2 is 2.20 bits per heavy atom. The average molecular weight is 205 g/mol. The van der Waals surface area contributed by atoms with Crippen molar-refractivity contribution in [3.8, 4) is 0 Å². The fraction of sp³-hybridized carbons (Fsp3) is 0.455. The fourth-order valence-corrected chi connectivity index (χ4v) is 1.31. The van der Waals surface area contributed by atoms with Gasteiger partial charge in [-0.1, -0.05) is 0 Å². The van der Waals surface area contributed by atoms with Crippen molar-refractivity contribution in [3.63, 3.8) is 0 Å². The Labute approximate surface area is 89.3 Å². The topological polar surface area (TPSA) is 45.2 Å². The van der Waals surface area contributed by atoms with Crippen molar-refractivity contribution in [2.24, 2.45) is 5.92 Å². The quantitative estimate of drug-likeness (QED) is 0.813. The number of hydrogen-bond donors (Lipinski definition) is 1. The van der Waals surface area contributed by atoms with Gasteiger partial charge in [-0.15, -0.1) is 0 Å². The summed E-state index contributed by atoms with van der Waals surface area (Å²) in [6, 6.07) is 3.77. The second-order valence-electron chi connectivity index (χ2n) is 4.06. The van der Waals surface area contributed by atoms with E-state index in [0.29, 0.717) is 0 Å². The first-order chi connectivity index (χ1) is 7.16. The molecule has 1 fully saturated rings. The number of rotatable bonds is 3. The summed E-state index contributed by atoms with van der Waals surface area (Å²) in [7, 11) is 3.87. The van der Waals surface area contributed by atoms with Crippen LogP contribution in [0.15, 0.2) is 18.3 Å². The first-order valence-corrected chi connectivity index (χ1v) is 5.11. The van der Waals surface area contributed by atoms with Gasteiger partial charge in [-0.3, -0.25) is 4.79 Å². The molecule has 80 valence electrons. The van der Waals surface area contributed by atoms with Crippen molar-refractivity contribution in [2.75, 3.05) is 24.3 Å². The Morgan fingerprint density at radius 3 is 2.67 bits per heavy atom. The highest BCUT2D eigenvalue weighted by Gasteiger charge is 2.29. The van der Waals surface area contributed by atoms with Crippen molar-refractivity contribution >= 4 is 17.4 Å². The molecule has 1 aromatic heterocycles. The van der Waals surface area contributed by atoms with Crippen LogP contribution in [0.4, 0.5) is 11.5 Å². The number of nitrogens with zero attached hydrogens (tertiary/aromatic N) is 2. The Hall–Kier alpha value is -1.58. The number of anilines is 2. The van der Waals surface area contributed by atoms with Gasteiger partial charge in [0.15, 0.2) is 0 Å². The van der Waals surface area contributed by atoms with Crippen molar-refractivity contribution in [1.82, 2.24) is 4.98 Å². The molecule has 15 heavy (non-hydrogen) atoms. The van der Waals surface area contributed by atoms with Crippen LogP contribution in [-0.4, -0.2) is 25.0 Å². The third kappa shape index (κ3) is 2.46. The lowest BCUT2D eigenvalue weighted by atomic mass is 10.3. The van der Waals surface area contributed by atoms with Gasteiger partial charge in [0.1, 0.15) is 5.82 Å². The van der Waals surface area contributed by atoms with Crippen LogP contribution >= 0.6 is 0 Å². The van der Waals surface area contributed by atoms with Crippen LogP contribution in [0.1, 0.15) is 12.8 Å². The zero-order valence-electron chi connectivity index (χ0n) is 9.03. The van der Waals surface area contributed by atoms with E-state index in [1.165, 1.54) is 0 Å². The summed E-state index contributed by atoms with van der Waals surface area (Å²) in [5, 5.41) is 2.85. The average Bonchev–Trinajstić information content (AvgIpc) is 3.01. The highest BCUT2D eigenvalue weighted by atomic mass is 16.2. The van der Waals surface area contributed by atoms with E-state index in [1.807, 2.05) is 31.1 Å². The van der Waals surface area contributed by atoms with Gasteiger partial charge in [-0.25, -0.2) is 4.98 Å². The maximum Gasteiger partial charge on any atom is 0.227 e. The fourth-order valence-electron chi connectivity index (χ4n) is 1.31. The Morgan fingerprint density at radius 1 is 1.47 bits per heavy atom. The number of pyridine rings is 1. The zero-order valence-corrected chi connectivity index (χ0v) is 9.03. The lowest BCUT2D eigenvalue weighted by Gasteiger charge is -2.11. The standard InChI is InChI=1S/C11H15N3O/c1-14(2)10-6-5-9(7-12-10)13-11(15)8-3-4-8/h5-8H,3-4H2,1-2H3,(H,13,15). The van der Waals surface area contributed by atoms with Crippen LogP contribution in [0.3, 0.4) is 0 Å². The van der Waals surface area contributed by atoms with Gasteiger partial charge in [-0.05, 0) is 25.0 Å². The Bertz CT molecular complexity index is 355. The van der Waals surface area contributed by atoms with Crippen LogP contribution in [-0.2, 0) is 4.79 Å². The minimum absolute atomic E-state index is 0.120. The van der Waals surface area contributed by atoms with Gasteiger partial charge in [-0.2, -0.15) is 0 Å². The first kappa shape index (κ1) is 9.96. The maximum atomic E-state index is 11.4.